The zero-order valence-corrected chi connectivity index (χ0v) is 14.0. The average Bonchev–Trinajstić information content (AvgIpc) is 3.04. The third kappa shape index (κ3) is 5.12. The van der Waals surface area contributed by atoms with Crippen molar-refractivity contribution < 1.29 is 0 Å². The summed E-state index contributed by atoms with van der Waals surface area (Å²) in [5.41, 5.74) is 2.40. The van der Waals surface area contributed by atoms with E-state index in [1.165, 1.54) is 44.5 Å². The lowest BCUT2D eigenvalue weighted by molar-refractivity contribution is 0.328. The Hall–Kier alpha value is -1.37. The number of hydrogen-bond donors (Lipinski definition) is 1. The van der Waals surface area contributed by atoms with Crippen LogP contribution in [0.2, 0.25) is 0 Å². The quantitative estimate of drug-likeness (QED) is 0.741. The molecule has 1 atom stereocenters. The van der Waals surface area contributed by atoms with Crippen LogP contribution in [-0.4, -0.2) is 31.1 Å². The van der Waals surface area contributed by atoms with E-state index in [9.17, 15) is 5.26 Å². The maximum absolute atomic E-state index is 9.37. The molecule has 1 heterocycles. The lowest BCUT2D eigenvalue weighted by Gasteiger charge is -2.16. The molecule has 2 rings (SSSR count). The van der Waals surface area contributed by atoms with Crippen LogP contribution in [0.25, 0.3) is 0 Å². The van der Waals surface area contributed by atoms with Gasteiger partial charge in [-0.15, -0.1) is 0 Å². The van der Waals surface area contributed by atoms with Crippen LogP contribution >= 0.6 is 0 Å². The number of nitrogens with zero attached hydrogens (tertiary/aromatic N) is 2. The van der Waals surface area contributed by atoms with Crippen molar-refractivity contribution in [3.8, 4) is 6.07 Å². The van der Waals surface area contributed by atoms with Gasteiger partial charge in [0.05, 0.1) is 6.07 Å². The van der Waals surface area contributed by atoms with E-state index in [2.05, 4.69) is 54.4 Å². The van der Waals surface area contributed by atoms with Crippen molar-refractivity contribution in [3.05, 3.63) is 35.4 Å². The van der Waals surface area contributed by atoms with Gasteiger partial charge in [0.25, 0.3) is 0 Å². The molecule has 22 heavy (non-hydrogen) atoms. The van der Waals surface area contributed by atoms with Crippen molar-refractivity contribution in [1.82, 2.24) is 10.2 Å². The number of hydrogen-bond acceptors (Lipinski definition) is 3. The van der Waals surface area contributed by atoms with E-state index in [0.29, 0.717) is 5.92 Å². The number of unbranched alkanes of at least 4 members (excludes halogenated alkanes) is 1. The Morgan fingerprint density at radius 2 is 1.73 bits per heavy atom. The van der Waals surface area contributed by atoms with Gasteiger partial charge in [0.2, 0.25) is 0 Å². The average molecular weight is 299 g/mol. The van der Waals surface area contributed by atoms with Crippen LogP contribution in [0.1, 0.15) is 62.6 Å². The molecule has 0 amide bonds. The molecule has 3 heteroatoms. The third-order valence-electron chi connectivity index (χ3n) is 4.51. The first-order valence-corrected chi connectivity index (χ1v) is 8.66. The Bertz CT molecular complexity index is 466. The predicted octanol–water partition coefficient (Wildman–Crippen LogP) is 3.84. The predicted molar refractivity (Wildman–Crippen MR) is 91.8 cm³/mol. The number of likely N-dealkylation sites (tertiary alicyclic amines) is 1. The highest BCUT2D eigenvalue weighted by molar-refractivity contribution is 5.29. The van der Waals surface area contributed by atoms with E-state index in [1.807, 2.05) is 0 Å². The summed E-state index contributed by atoms with van der Waals surface area (Å²) in [6.07, 6.45) is 5.08. The van der Waals surface area contributed by atoms with Crippen molar-refractivity contribution in [2.24, 2.45) is 0 Å². The molecule has 1 fully saturated rings. The minimum Gasteiger partial charge on any atom is -0.303 e. The van der Waals surface area contributed by atoms with E-state index in [1.54, 1.807) is 0 Å². The van der Waals surface area contributed by atoms with Gasteiger partial charge in [-0.3, -0.25) is 5.32 Å². The zero-order valence-electron chi connectivity index (χ0n) is 14.0. The number of nitriles is 1. The van der Waals surface area contributed by atoms with E-state index >= 15 is 0 Å². The minimum atomic E-state index is -0.187. The van der Waals surface area contributed by atoms with Crippen molar-refractivity contribution in [2.75, 3.05) is 26.2 Å². The Kier molecular flexibility index (Phi) is 6.89. The summed E-state index contributed by atoms with van der Waals surface area (Å²) >= 11 is 0. The summed E-state index contributed by atoms with van der Waals surface area (Å²) in [6, 6.07) is 10.6. The molecule has 1 unspecified atom stereocenters. The SMILES string of the molecule is CC(C)c1ccc(C(C#N)NCCCCN2CCCC2)cc1. The molecule has 1 aliphatic heterocycles. The normalized spacial score (nSPS) is 16.8. The van der Waals surface area contributed by atoms with E-state index in [0.717, 1.165) is 18.5 Å². The molecule has 120 valence electrons. The van der Waals surface area contributed by atoms with Gasteiger partial charge in [0, 0.05) is 0 Å². The molecule has 0 spiro atoms. The minimum absolute atomic E-state index is 0.187. The van der Waals surface area contributed by atoms with Gasteiger partial charge in [0.15, 0.2) is 0 Å². The van der Waals surface area contributed by atoms with Gasteiger partial charge in [-0.25, -0.2) is 0 Å². The Morgan fingerprint density at radius 1 is 1.09 bits per heavy atom. The fraction of sp³-hybridized carbons (Fsp3) is 0.632. The second kappa shape index (κ2) is 8.92. The summed E-state index contributed by atoms with van der Waals surface area (Å²) in [5.74, 6) is 0.535. The monoisotopic (exact) mass is 299 g/mol. The lowest BCUT2D eigenvalue weighted by atomic mass is 9.99. The third-order valence-corrected chi connectivity index (χ3v) is 4.51. The molecule has 0 aliphatic carbocycles. The molecular formula is C19H29N3. The topological polar surface area (TPSA) is 39.1 Å². The summed E-state index contributed by atoms with van der Waals surface area (Å²) in [5, 5.41) is 12.7. The molecule has 0 radical (unpaired) electrons. The van der Waals surface area contributed by atoms with Crippen LogP contribution in [0.5, 0.6) is 0 Å². The van der Waals surface area contributed by atoms with E-state index in [-0.39, 0.29) is 6.04 Å². The van der Waals surface area contributed by atoms with Crippen molar-refractivity contribution in [3.63, 3.8) is 0 Å². The van der Waals surface area contributed by atoms with Crippen molar-refractivity contribution in [2.45, 2.75) is 51.5 Å². The van der Waals surface area contributed by atoms with Gasteiger partial charge in [0.1, 0.15) is 6.04 Å². The molecule has 0 saturated carbocycles. The standard InChI is InChI=1S/C19H29N3/c1-16(2)17-7-9-18(10-8-17)19(15-20)21-11-3-4-12-22-13-5-6-14-22/h7-10,16,19,21H,3-6,11-14H2,1-2H3. The van der Waals surface area contributed by atoms with Crippen LogP contribution in [0.4, 0.5) is 0 Å². The highest BCUT2D eigenvalue weighted by Crippen LogP contribution is 2.18. The maximum Gasteiger partial charge on any atom is 0.121 e. The molecule has 1 aromatic rings. The fourth-order valence-electron chi connectivity index (χ4n) is 3.02. The number of nitrogens with one attached hydrogen (secondary N) is 1. The molecule has 0 aromatic heterocycles. The summed E-state index contributed by atoms with van der Waals surface area (Å²) < 4.78 is 0. The van der Waals surface area contributed by atoms with Crippen LogP contribution in [0, 0.1) is 11.3 Å². The van der Waals surface area contributed by atoms with E-state index in [4.69, 9.17) is 0 Å². The number of benzene rings is 1. The lowest BCUT2D eigenvalue weighted by Crippen LogP contribution is -2.24. The van der Waals surface area contributed by atoms with Crippen molar-refractivity contribution in [1.29, 1.82) is 5.26 Å². The van der Waals surface area contributed by atoms with Crippen LogP contribution in [0.15, 0.2) is 24.3 Å². The Balaban J connectivity index is 1.71. The summed E-state index contributed by atoms with van der Waals surface area (Å²) in [7, 11) is 0. The smallest absolute Gasteiger partial charge is 0.121 e. The summed E-state index contributed by atoms with van der Waals surface area (Å²) in [6.45, 7) is 9.05. The molecule has 1 saturated heterocycles. The first-order valence-electron chi connectivity index (χ1n) is 8.66. The van der Waals surface area contributed by atoms with Crippen LogP contribution in [-0.2, 0) is 0 Å². The number of rotatable bonds is 8. The zero-order chi connectivity index (χ0) is 15.8. The molecule has 0 bridgehead atoms. The fourth-order valence-corrected chi connectivity index (χ4v) is 3.02. The van der Waals surface area contributed by atoms with Crippen molar-refractivity contribution >= 4 is 0 Å². The molecule has 1 aromatic carbocycles. The maximum atomic E-state index is 9.37. The van der Waals surface area contributed by atoms with Crippen LogP contribution < -0.4 is 5.32 Å². The highest BCUT2D eigenvalue weighted by atomic mass is 15.1. The molecular weight excluding hydrogens is 270 g/mol. The first-order chi connectivity index (χ1) is 10.7. The first kappa shape index (κ1) is 17.0. The highest BCUT2D eigenvalue weighted by Gasteiger charge is 2.12. The Labute approximate surface area is 135 Å². The second-order valence-corrected chi connectivity index (χ2v) is 6.59. The van der Waals surface area contributed by atoms with Gasteiger partial charge >= 0.3 is 0 Å². The molecule has 1 aliphatic rings. The summed E-state index contributed by atoms with van der Waals surface area (Å²) in [4.78, 5) is 2.55. The van der Waals surface area contributed by atoms with Crippen LogP contribution in [0.3, 0.4) is 0 Å². The van der Waals surface area contributed by atoms with Gasteiger partial charge < -0.3 is 4.90 Å². The van der Waals surface area contributed by atoms with Gasteiger partial charge in [-0.2, -0.15) is 5.26 Å². The second-order valence-electron chi connectivity index (χ2n) is 6.59. The molecule has 1 N–H and O–H groups in total. The Morgan fingerprint density at radius 3 is 2.32 bits per heavy atom. The molecule has 3 nitrogen and oxygen atoms in total. The van der Waals surface area contributed by atoms with Gasteiger partial charge in [-0.05, 0) is 68.9 Å². The largest absolute Gasteiger partial charge is 0.303 e. The van der Waals surface area contributed by atoms with Gasteiger partial charge in [-0.1, -0.05) is 38.1 Å². The van der Waals surface area contributed by atoms with E-state index < -0.39 is 0 Å².